The molecule has 0 bridgehead atoms. The number of halogens is 1. The van der Waals surface area contributed by atoms with Crippen LogP contribution in [0.4, 0.5) is 0 Å². The largest absolute Gasteiger partial charge is 0.478 e. The van der Waals surface area contributed by atoms with Crippen molar-refractivity contribution in [2.45, 2.75) is 0 Å². The van der Waals surface area contributed by atoms with E-state index in [0.717, 1.165) is 0 Å². The van der Waals surface area contributed by atoms with Crippen LogP contribution in [-0.2, 0) is 4.74 Å². The summed E-state index contributed by atoms with van der Waals surface area (Å²) in [6.07, 6.45) is 1.46. The van der Waals surface area contributed by atoms with Gasteiger partial charge in [0.05, 0.1) is 16.1 Å². The summed E-state index contributed by atoms with van der Waals surface area (Å²) in [5.41, 5.74) is 0.402. The molecule has 2 aromatic rings. The number of esters is 1. The number of fused-ring (bicyclic) bond motifs is 1. The Morgan fingerprint density at radius 1 is 1.30 bits per heavy atom. The maximum atomic E-state index is 11.8. The lowest BCUT2D eigenvalue weighted by Crippen LogP contribution is -2.06. The van der Waals surface area contributed by atoms with Crippen LogP contribution in [0, 0.1) is 0 Å². The molecule has 2 rings (SSSR count). The third kappa shape index (κ3) is 2.65. The fourth-order valence-corrected chi connectivity index (χ4v) is 2.11. The van der Waals surface area contributed by atoms with Crippen molar-refractivity contribution in [2.75, 3.05) is 6.61 Å². The van der Waals surface area contributed by atoms with E-state index in [1.165, 1.54) is 24.3 Å². The highest BCUT2D eigenvalue weighted by molar-refractivity contribution is 6.38. The van der Waals surface area contributed by atoms with E-state index in [-0.39, 0.29) is 22.8 Å². The van der Waals surface area contributed by atoms with Crippen molar-refractivity contribution >= 4 is 34.3 Å². The molecule has 20 heavy (non-hydrogen) atoms. The molecule has 0 saturated heterocycles. The Labute approximate surface area is 120 Å². The molecule has 0 aliphatic heterocycles. The van der Waals surface area contributed by atoms with Crippen molar-refractivity contribution in [2.24, 2.45) is 0 Å². The highest BCUT2D eigenvalue weighted by Gasteiger charge is 2.15. The fraction of sp³-hybridized carbons (Fsp3) is 0.0667. The van der Waals surface area contributed by atoms with E-state index in [2.05, 4.69) is 6.58 Å². The molecule has 0 spiro atoms. The average Bonchev–Trinajstić information content (AvgIpc) is 2.44. The van der Waals surface area contributed by atoms with Crippen molar-refractivity contribution in [1.29, 1.82) is 0 Å². The smallest absolute Gasteiger partial charge is 0.339 e. The summed E-state index contributed by atoms with van der Waals surface area (Å²) in [6, 6.07) is 7.67. The molecule has 0 saturated carbocycles. The number of carbonyl (C=O) groups is 2. The van der Waals surface area contributed by atoms with Gasteiger partial charge in [-0.2, -0.15) is 0 Å². The number of rotatable bonds is 4. The van der Waals surface area contributed by atoms with Crippen molar-refractivity contribution in [3.8, 4) is 0 Å². The monoisotopic (exact) mass is 290 g/mol. The van der Waals surface area contributed by atoms with Crippen molar-refractivity contribution < 1.29 is 19.4 Å². The van der Waals surface area contributed by atoms with Crippen molar-refractivity contribution in [1.82, 2.24) is 0 Å². The lowest BCUT2D eigenvalue weighted by Gasteiger charge is -2.08. The summed E-state index contributed by atoms with van der Waals surface area (Å²) in [5.74, 6) is -1.56. The van der Waals surface area contributed by atoms with Crippen LogP contribution in [0.25, 0.3) is 10.8 Å². The van der Waals surface area contributed by atoms with E-state index in [4.69, 9.17) is 21.4 Å². The van der Waals surface area contributed by atoms with Gasteiger partial charge in [-0.05, 0) is 23.6 Å². The standard InChI is InChI=1S/C15H11ClO4/c1-2-7-20-15(19)12-6-3-9-8-10(14(17)18)4-5-11(9)13(12)16/h2-6,8H,1,7H2,(H,17,18). The molecule has 0 fully saturated rings. The fourth-order valence-electron chi connectivity index (χ4n) is 1.79. The number of hydrogen-bond acceptors (Lipinski definition) is 3. The minimum atomic E-state index is -1.02. The minimum Gasteiger partial charge on any atom is -0.478 e. The normalized spacial score (nSPS) is 10.2. The lowest BCUT2D eigenvalue weighted by molar-refractivity contribution is 0.0549. The summed E-state index contributed by atoms with van der Waals surface area (Å²) in [5, 5.41) is 10.4. The molecule has 2 aromatic carbocycles. The van der Waals surface area contributed by atoms with Crippen LogP contribution in [0.15, 0.2) is 43.0 Å². The number of ether oxygens (including phenoxy) is 1. The lowest BCUT2D eigenvalue weighted by atomic mass is 10.0. The van der Waals surface area contributed by atoms with Gasteiger partial charge in [0.2, 0.25) is 0 Å². The molecule has 0 aromatic heterocycles. The molecule has 0 aliphatic carbocycles. The topological polar surface area (TPSA) is 63.6 Å². The summed E-state index contributed by atoms with van der Waals surface area (Å²) >= 11 is 6.17. The summed E-state index contributed by atoms with van der Waals surface area (Å²) in [6.45, 7) is 3.56. The van der Waals surface area contributed by atoms with Crippen LogP contribution in [-0.4, -0.2) is 23.7 Å². The zero-order valence-corrected chi connectivity index (χ0v) is 11.2. The number of carboxylic acid groups (broad SMARTS) is 1. The quantitative estimate of drug-likeness (QED) is 0.691. The molecule has 0 radical (unpaired) electrons. The van der Waals surface area contributed by atoms with E-state index in [1.54, 1.807) is 12.1 Å². The number of carbonyl (C=O) groups excluding carboxylic acids is 1. The first-order chi connectivity index (χ1) is 9.54. The Balaban J connectivity index is 2.48. The van der Waals surface area contributed by atoms with Gasteiger partial charge in [0.15, 0.2) is 0 Å². The van der Waals surface area contributed by atoms with E-state index in [0.29, 0.717) is 10.8 Å². The molecule has 4 nitrogen and oxygen atoms in total. The Hall–Kier alpha value is -2.33. The molecular formula is C15H11ClO4. The van der Waals surface area contributed by atoms with E-state index < -0.39 is 11.9 Å². The van der Waals surface area contributed by atoms with Crippen LogP contribution in [0.3, 0.4) is 0 Å². The first kappa shape index (κ1) is 14.1. The van der Waals surface area contributed by atoms with Gasteiger partial charge >= 0.3 is 11.9 Å². The van der Waals surface area contributed by atoms with E-state index >= 15 is 0 Å². The number of hydrogen-bond donors (Lipinski definition) is 1. The average molecular weight is 291 g/mol. The molecule has 1 N–H and O–H groups in total. The molecule has 0 aliphatic rings. The minimum absolute atomic E-state index is 0.102. The van der Waals surface area contributed by atoms with E-state index in [1.807, 2.05) is 0 Å². The highest BCUT2D eigenvalue weighted by atomic mass is 35.5. The van der Waals surface area contributed by atoms with Crippen LogP contribution in [0.5, 0.6) is 0 Å². The third-order valence-corrected chi connectivity index (χ3v) is 3.16. The number of benzene rings is 2. The molecule has 0 amide bonds. The predicted molar refractivity (Wildman–Crippen MR) is 76.4 cm³/mol. The molecule has 0 atom stereocenters. The number of aromatic carboxylic acids is 1. The van der Waals surface area contributed by atoms with Crippen LogP contribution >= 0.6 is 11.6 Å². The zero-order chi connectivity index (χ0) is 14.7. The second-order valence-electron chi connectivity index (χ2n) is 4.06. The van der Waals surface area contributed by atoms with Gasteiger partial charge in [0.25, 0.3) is 0 Å². The Bertz CT molecular complexity index is 706. The Morgan fingerprint density at radius 2 is 2.05 bits per heavy atom. The summed E-state index contributed by atoms with van der Waals surface area (Å²) in [7, 11) is 0. The van der Waals surface area contributed by atoms with Gasteiger partial charge in [-0.15, -0.1) is 0 Å². The maximum Gasteiger partial charge on any atom is 0.339 e. The van der Waals surface area contributed by atoms with Gasteiger partial charge in [0.1, 0.15) is 6.61 Å². The first-order valence-corrected chi connectivity index (χ1v) is 6.16. The van der Waals surface area contributed by atoms with Crippen molar-refractivity contribution in [3.05, 3.63) is 59.1 Å². The Morgan fingerprint density at radius 3 is 2.70 bits per heavy atom. The van der Waals surface area contributed by atoms with Gasteiger partial charge < -0.3 is 9.84 Å². The van der Waals surface area contributed by atoms with Crippen molar-refractivity contribution in [3.63, 3.8) is 0 Å². The second-order valence-corrected chi connectivity index (χ2v) is 4.43. The van der Waals surface area contributed by atoms with Gasteiger partial charge in [-0.1, -0.05) is 36.4 Å². The summed E-state index contributed by atoms with van der Waals surface area (Å²) < 4.78 is 4.93. The summed E-state index contributed by atoms with van der Waals surface area (Å²) in [4.78, 5) is 22.7. The third-order valence-electron chi connectivity index (χ3n) is 2.75. The van der Waals surface area contributed by atoms with Crippen LogP contribution in [0.2, 0.25) is 5.02 Å². The van der Waals surface area contributed by atoms with Gasteiger partial charge in [0, 0.05) is 5.39 Å². The zero-order valence-electron chi connectivity index (χ0n) is 10.4. The molecule has 0 heterocycles. The van der Waals surface area contributed by atoms with E-state index in [9.17, 15) is 9.59 Å². The van der Waals surface area contributed by atoms with Crippen LogP contribution < -0.4 is 0 Å². The molecular weight excluding hydrogens is 280 g/mol. The first-order valence-electron chi connectivity index (χ1n) is 5.78. The number of carboxylic acids is 1. The van der Waals surface area contributed by atoms with Gasteiger partial charge in [-0.3, -0.25) is 0 Å². The predicted octanol–water partition coefficient (Wildman–Crippen LogP) is 3.53. The maximum absolute atomic E-state index is 11.8. The van der Waals surface area contributed by atoms with Gasteiger partial charge in [-0.25, -0.2) is 9.59 Å². The molecule has 5 heteroatoms. The molecule has 0 unspecified atom stereocenters. The SMILES string of the molecule is C=CCOC(=O)c1ccc2cc(C(=O)O)ccc2c1Cl. The highest BCUT2D eigenvalue weighted by Crippen LogP contribution is 2.28. The Kier molecular flexibility index (Phi) is 4.05. The molecule has 102 valence electrons. The van der Waals surface area contributed by atoms with Crippen LogP contribution in [0.1, 0.15) is 20.7 Å². The second kappa shape index (κ2) is 5.75.